The van der Waals surface area contributed by atoms with E-state index < -0.39 is 16.9 Å². The van der Waals surface area contributed by atoms with E-state index in [1.165, 1.54) is 12.5 Å². The molecule has 0 aliphatic heterocycles. The second kappa shape index (κ2) is 9.12. The molecule has 0 fully saturated rings. The van der Waals surface area contributed by atoms with Gasteiger partial charge in [-0.05, 0) is 29.8 Å². The first-order valence-electron chi connectivity index (χ1n) is 10.8. The molecule has 176 valence electrons. The molecule has 2 aromatic carbocycles. The number of benzene rings is 2. The van der Waals surface area contributed by atoms with Crippen LogP contribution in [-0.2, 0) is 11.4 Å². The molecule has 0 saturated heterocycles. The maximum absolute atomic E-state index is 12.9. The molecule has 8 nitrogen and oxygen atoms in total. The van der Waals surface area contributed by atoms with E-state index in [1.54, 1.807) is 12.3 Å². The van der Waals surface area contributed by atoms with Crippen LogP contribution in [0.1, 0.15) is 0 Å². The van der Waals surface area contributed by atoms with E-state index in [1.807, 2.05) is 60.7 Å². The molecule has 4 heterocycles. The number of H-pyrrole nitrogens is 1. The predicted molar refractivity (Wildman–Crippen MR) is 140 cm³/mol. The maximum Gasteiger partial charge on any atom is 0.307 e. The summed E-state index contributed by atoms with van der Waals surface area (Å²) in [4.78, 5) is 24.8. The van der Waals surface area contributed by atoms with Crippen LogP contribution in [0.5, 0.6) is 0 Å². The molecule has 10 heteroatoms. The second-order valence-electron chi connectivity index (χ2n) is 7.97. The molecule has 6 aromatic rings. The lowest BCUT2D eigenvalue weighted by atomic mass is 9.97. The van der Waals surface area contributed by atoms with Gasteiger partial charge in [-0.3, -0.25) is 9.78 Å². The molecule has 0 spiro atoms. The summed E-state index contributed by atoms with van der Waals surface area (Å²) in [6, 6.07) is 20.8. The molecule has 2 N–H and O–H groups in total. The van der Waals surface area contributed by atoms with E-state index in [0.29, 0.717) is 33.0 Å². The minimum atomic E-state index is -1.85. The number of nitrogens with one attached hydrogen (secondary N) is 2. The molecular formula is C26H16ClN5O3S. The van der Waals surface area contributed by atoms with Crippen molar-refractivity contribution in [3.63, 3.8) is 0 Å². The van der Waals surface area contributed by atoms with E-state index in [4.69, 9.17) is 21.1 Å². The molecule has 0 radical (unpaired) electrons. The van der Waals surface area contributed by atoms with Crippen molar-refractivity contribution in [1.29, 1.82) is 0 Å². The van der Waals surface area contributed by atoms with Crippen molar-refractivity contribution in [3.8, 4) is 22.4 Å². The minimum absolute atomic E-state index is 0.0460. The summed E-state index contributed by atoms with van der Waals surface area (Å²) in [5.41, 5.74) is 4.16. The minimum Gasteiger partial charge on any atom is -0.588 e. The summed E-state index contributed by atoms with van der Waals surface area (Å²) in [5, 5.41) is 5.59. The normalized spacial score (nSPS) is 12.2. The molecule has 0 saturated carbocycles. The molecule has 0 aliphatic carbocycles. The van der Waals surface area contributed by atoms with Crippen LogP contribution in [0.25, 0.3) is 44.3 Å². The lowest BCUT2D eigenvalue weighted by molar-refractivity contribution is 0.420. The molecule has 1 atom stereocenters. The molecular weight excluding hydrogens is 498 g/mol. The Balaban J connectivity index is 1.56. The van der Waals surface area contributed by atoms with E-state index in [-0.39, 0.29) is 4.90 Å². The number of pyridine rings is 3. The summed E-state index contributed by atoms with van der Waals surface area (Å²) in [6.45, 7) is 0. The lowest BCUT2D eigenvalue weighted by Gasteiger charge is -2.14. The van der Waals surface area contributed by atoms with Gasteiger partial charge in [0, 0.05) is 34.2 Å². The zero-order valence-electron chi connectivity index (χ0n) is 18.4. The van der Waals surface area contributed by atoms with Crippen LogP contribution in [-0.4, -0.2) is 24.7 Å². The van der Waals surface area contributed by atoms with E-state index in [9.17, 15) is 9.35 Å². The first kappa shape index (κ1) is 22.3. The summed E-state index contributed by atoms with van der Waals surface area (Å²) >= 11 is 4.75. The van der Waals surface area contributed by atoms with Crippen LogP contribution in [0.2, 0.25) is 5.02 Å². The fraction of sp³-hybridized carbons (Fsp3) is 0. The van der Waals surface area contributed by atoms with Gasteiger partial charge >= 0.3 is 5.56 Å². The molecule has 6 rings (SSSR count). The molecule has 1 unspecified atom stereocenters. The highest BCUT2D eigenvalue weighted by Crippen LogP contribution is 2.36. The highest BCUT2D eigenvalue weighted by atomic mass is 35.5. The van der Waals surface area contributed by atoms with Gasteiger partial charge in [0.2, 0.25) is 4.90 Å². The van der Waals surface area contributed by atoms with Crippen molar-refractivity contribution in [2.45, 2.75) is 4.90 Å². The van der Waals surface area contributed by atoms with Crippen LogP contribution >= 0.6 is 11.6 Å². The third-order valence-corrected chi connectivity index (χ3v) is 7.07. The highest BCUT2D eigenvalue weighted by Gasteiger charge is 2.21. The van der Waals surface area contributed by atoms with Gasteiger partial charge in [0.1, 0.15) is 22.7 Å². The smallest absolute Gasteiger partial charge is 0.307 e. The fourth-order valence-electron chi connectivity index (χ4n) is 4.01. The Morgan fingerprint density at radius 2 is 1.86 bits per heavy atom. The first-order chi connectivity index (χ1) is 17.6. The van der Waals surface area contributed by atoms with Gasteiger partial charge in [-0.2, -0.15) is 4.72 Å². The highest BCUT2D eigenvalue weighted by molar-refractivity contribution is 7.92. The molecule has 4 aromatic heterocycles. The van der Waals surface area contributed by atoms with Crippen molar-refractivity contribution in [2.24, 2.45) is 0 Å². The van der Waals surface area contributed by atoms with Gasteiger partial charge < -0.3 is 14.1 Å². The zero-order chi connectivity index (χ0) is 24.6. The maximum atomic E-state index is 12.9. The summed E-state index contributed by atoms with van der Waals surface area (Å²) in [6.07, 6.45) is 4.38. The third kappa shape index (κ3) is 4.09. The summed E-state index contributed by atoms with van der Waals surface area (Å²) < 4.78 is 20.3. The van der Waals surface area contributed by atoms with Gasteiger partial charge in [-0.15, -0.1) is 0 Å². The largest absolute Gasteiger partial charge is 0.588 e. The van der Waals surface area contributed by atoms with Crippen molar-refractivity contribution in [1.82, 2.24) is 20.1 Å². The van der Waals surface area contributed by atoms with Crippen molar-refractivity contribution < 1.29 is 9.08 Å². The van der Waals surface area contributed by atoms with E-state index in [0.717, 1.165) is 22.1 Å². The van der Waals surface area contributed by atoms with E-state index in [2.05, 4.69) is 19.8 Å². The molecule has 36 heavy (non-hydrogen) atoms. The zero-order valence-corrected chi connectivity index (χ0v) is 20.0. The molecule has 0 aliphatic rings. The average Bonchev–Trinajstić information content (AvgIpc) is 3.41. The number of hydrogen-bond acceptors (Lipinski definition) is 7. The monoisotopic (exact) mass is 513 g/mol. The fourth-order valence-corrected chi connectivity index (χ4v) is 5.16. The van der Waals surface area contributed by atoms with Crippen molar-refractivity contribution >= 4 is 50.6 Å². The number of rotatable bonds is 5. The SMILES string of the molecule is O=c1[nH]c2nc(-c3ccccc3)c(-c3cc(Cl)c4ncccc4c3)cc2cc1[S+]([O-])Nc1cnoc1. The van der Waals surface area contributed by atoms with Gasteiger partial charge in [0.15, 0.2) is 6.26 Å². The Morgan fingerprint density at radius 3 is 2.67 bits per heavy atom. The van der Waals surface area contributed by atoms with Crippen molar-refractivity contribution in [3.05, 3.63) is 101 Å². The standard InChI is InChI=1S/C26H16ClN5O3S/c27-21-11-17(9-16-7-4-8-28-24(16)21)20-10-18-12-22(36(34)32-19-13-29-35-14-19)26(33)31-25(18)30-23(20)15-5-2-1-3-6-15/h1-14,32H,(H,30,31,33). The Hall–Kier alpha value is -4.18. The number of hydrogen-bond donors (Lipinski definition) is 2. The predicted octanol–water partition coefficient (Wildman–Crippen LogP) is 5.58. The van der Waals surface area contributed by atoms with Gasteiger partial charge in [-0.1, -0.05) is 53.2 Å². The van der Waals surface area contributed by atoms with Gasteiger partial charge in [-0.25, -0.2) is 4.98 Å². The number of anilines is 1. The number of aromatic amines is 1. The quantitative estimate of drug-likeness (QED) is 0.289. The molecule has 0 amide bonds. The topological polar surface area (TPSA) is 120 Å². The summed E-state index contributed by atoms with van der Waals surface area (Å²) in [5.74, 6) is 0. The van der Waals surface area contributed by atoms with Crippen LogP contribution in [0.15, 0.2) is 99.6 Å². The van der Waals surface area contributed by atoms with Crippen LogP contribution in [0, 0.1) is 0 Å². The van der Waals surface area contributed by atoms with Gasteiger partial charge in [0.25, 0.3) is 0 Å². The second-order valence-corrected chi connectivity index (χ2v) is 9.56. The third-order valence-electron chi connectivity index (χ3n) is 5.65. The molecule has 0 bridgehead atoms. The van der Waals surface area contributed by atoms with Gasteiger partial charge in [0.05, 0.1) is 22.4 Å². The Labute approximate surface area is 212 Å². The van der Waals surface area contributed by atoms with Crippen LogP contribution in [0.3, 0.4) is 0 Å². The number of nitrogens with zero attached hydrogens (tertiary/aromatic N) is 3. The number of fused-ring (bicyclic) bond motifs is 2. The Bertz CT molecular complexity index is 1770. The van der Waals surface area contributed by atoms with Crippen molar-refractivity contribution in [2.75, 3.05) is 4.72 Å². The van der Waals surface area contributed by atoms with E-state index >= 15 is 0 Å². The number of halogens is 1. The number of aromatic nitrogens is 4. The van der Waals surface area contributed by atoms with Crippen LogP contribution < -0.4 is 10.3 Å². The lowest BCUT2D eigenvalue weighted by Crippen LogP contribution is -2.23. The van der Waals surface area contributed by atoms with Crippen LogP contribution in [0.4, 0.5) is 5.69 Å². The average molecular weight is 514 g/mol. The Morgan fingerprint density at radius 1 is 1.00 bits per heavy atom. The Kier molecular flexibility index (Phi) is 5.65. The summed E-state index contributed by atoms with van der Waals surface area (Å²) in [7, 11) is 0. The first-order valence-corrected chi connectivity index (χ1v) is 12.4.